The molecule has 0 unspecified atom stereocenters. The number of anilines is 1. The van der Waals surface area contributed by atoms with Gasteiger partial charge in [0.1, 0.15) is 0 Å². The van der Waals surface area contributed by atoms with Gasteiger partial charge < -0.3 is 14.9 Å². The smallest absolute Gasteiger partial charge is 0.356 e. The van der Waals surface area contributed by atoms with E-state index in [9.17, 15) is 4.79 Å². The molecule has 0 aliphatic heterocycles. The van der Waals surface area contributed by atoms with Crippen molar-refractivity contribution in [2.24, 2.45) is 0 Å². The zero-order chi connectivity index (χ0) is 12.3. The first-order valence-corrected chi connectivity index (χ1v) is 4.88. The number of pyridine rings is 1. The summed E-state index contributed by atoms with van der Waals surface area (Å²) in [5.41, 5.74) is 0.375. The molecule has 7 heteroatoms. The molecule has 2 heterocycles. The summed E-state index contributed by atoms with van der Waals surface area (Å²) < 4.78 is 4.89. The molecule has 0 radical (unpaired) electrons. The van der Waals surface area contributed by atoms with Crippen molar-refractivity contribution in [3.8, 4) is 0 Å². The second-order valence-electron chi connectivity index (χ2n) is 3.29. The average Bonchev–Trinajstić information content (AvgIpc) is 2.73. The van der Waals surface area contributed by atoms with Crippen LogP contribution in [0.4, 0.5) is 5.69 Å². The Balaban J connectivity index is 2.11. The summed E-state index contributed by atoms with van der Waals surface area (Å²) in [6.45, 7) is 1.96. The van der Waals surface area contributed by atoms with Crippen LogP contribution >= 0.6 is 0 Å². The number of aryl methyl sites for hydroxylation is 1. The van der Waals surface area contributed by atoms with Crippen molar-refractivity contribution in [3.63, 3.8) is 0 Å². The minimum Gasteiger partial charge on any atom is -0.476 e. The minimum atomic E-state index is -1.09. The molecule has 2 aromatic heterocycles. The molecule has 2 aromatic rings. The highest BCUT2D eigenvalue weighted by atomic mass is 16.5. The number of carboxylic acid groups (broad SMARTS) is 1. The third-order valence-electron chi connectivity index (χ3n) is 2.01. The Labute approximate surface area is 96.5 Å². The number of hydrogen-bond donors (Lipinski definition) is 2. The van der Waals surface area contributed by atoms with E-state index in [1.807, 2.05) is 0 Å². The molecule has 2 N–H and O–H groups in total. The molecule has 7 nitrogen and oxygen atoms in total. The van der Waals surface area contributed by atoms with Crippen LogP contribution in [0.15, 0.2) is 22.9 Å². The van der Waals surface area contributed by atoms with Gasteiger partial charge in [0.25, 0.3) is 0 Å². The molecule has 0 spiro atoms. The standard InChI is InChI=1S/C10H10N4O3/c1-6-13-8(17-14-6)5-12-7-3-2-4-11-9(7)10(15)16/h2-4,12H,5H2,1H3,(H,15,16). The van der Waals surface area contributed by atoms with E-state index < -0.39 is 5.97 Å². The molecule has 17 heavy (non-hydrogen) atoms. The number of hydrogen-bond acceptors (Lipinski definition) is 6. The van der Waals surface area contributed by atoms with Gasteiger partial charge in [-0.15, -0.1) is 0 Å². The fourth-order valence-corrected chi connectivity index (χ4v) is 1.30. The summed E-state index contributed by atoms with van der Waals surface area (Å²) in [6, 6.07) is 3.27. The van der Waals surface area contributed by atoms with E-state index in [-0.39, 0.29) is 12.2 Å². The molecule has 0 amide bonds. The normalized spacial score (nSPS) is 10.2. The van der Waals surface area contributed by atoms with Crippen LogP contribution < -0.4 is 5.32 Å². The maximum absolute atomic E-state index is 10.9. The SMILES string of the molecule is Cc1noc(CNc2cccnc2C(=O)O)n1. The maximum atomic E-state index is 10.9. The summed E-state index contributed by atoms with van der Waals surface area (Å²) >= 11 is 0. The van der Waals surface area contributed by atoms with Gasteiger partial charge in [-0.3, -0.25) is 0 Å². The van der Waals surface area contributed by atoms with Gasteiger partial charge in [-0.1, -0.05) is 5.16 Å². The highest BCUT2D eigenvalue weighted by molar-refractivity contribution is 5.91. The molecule has 0 saturated carbocycles. The monoisotopic (exact) mass is 234 g/mol. The number of carbonyl (C=O) groups is 1. The van der Waals surface area contributed by atoms with E-state index in [4.69, 9.17) is 9.63 Å². The Hall–Kier alpha value is -2.44. The topological polar surface area (TPSA) is 101 Å². The quantitative estimate of drug-likeness (QED) is 0.816. The largest absolute Gasteiger partial charge is 0.476 e. The van der Waals surface area contributed by atoms with E-state index in [1.165, 1.54) is 6.20 Å². The predicted molar refractivity (Wildman–Crippen MR) is 57.6 cm³/mol. The van der Waals surface area contributed by atoms with E-state index in [0.717, 1.165) is 0 Å². The van der Waals surface area contributed by atoms with Crippen LogP contribution in [-0.2, 0) is 6.54 Å². The van der Waals surface area contributed by atoms with Crippen molar-refractivity contribution in [1.29, 1.82) is 0 Å². The molecule has 0 aromatic carbocycles. The van der Waals surface area contributed by atoms with Gasteiger partial charge in [0.2, 0.25) is 5.89 Å². The maximum Gasteiger partial charge on any atom is 0.356 e. The molecule has 88 valence electrons. The Morgan fingerprint density at radius 2 is 2.41 bits per heavy atom. The van der Waals surface area contributed by atoms with Crippen molar-refractivity contribution < 1.29 is 14.4 Å². The molecule has 0 aliphatic carbocycles. The van der Waals surface area contributed by atoms with Crippen molar-refractivity contribution in [2.45, 2.75) is 13.5 Å². The Bertz CT molecular complexity index is 538. The minimum absolute atomic E-state index is 0.0382. The molecule has 0 saturated heterocycles. The van der Waals surface area contributed by atoms with Crippen molar-refractivity contribution in [1.82, 2.24) is 15.1 Å². The van der Waals surface area contributed by atoms with E-state index >= 15 is 0 Å². The third kappa shape index (κ3) is 2.57. The van der Waals surface area contributed by atoms with Crippen LogP contribution in [0.25, 0.3) is 0 Å². The van der Waals surface area contributed by atoms with Gasteiger partial charge in [0.05, 0.1) is 12.2 Å². The van der Waals surface area contributed by atoms with Crippen LogP contribution in [0.1, 0.15) is 22.2 Å². The van der Waals surface area contributed by atoms with Crippen LogP contribution in [-0.4, -0.2) is 26.2 Å². The third-order valence-corrected chi connectivity index (χ3v) is 2.01. The lowest BCUT2D eigenvalue weighted by molar-refractivity contribution is 0.0691. The van der Waals surface area contributed by atoms with E-state index in [2.05, 4.69) is 20.4 Å². The second kappa shape index (κ2) is 4.60. The summed E-state index contributed by atoms with van der Waals surface area (Å²) in [6.07, 6.45) is 1.42. The first-order chi connectivity index (χ1) is 8.16. The van der Waals surface area contributed by atoms with Crippen LogP contribution in [0, 0.1) is 6.92 Å². The molecular formula is C10H10N4O3. The summed E-state index contributed by atoms with van der Waals surface area (Å²) in [4.78, 5) is 18.6. The van der Waals surface area contributed by atoms with Gasteiger partial charge in [-0.2, -0.15) is 4.98 Å². The fourth-order valence-electron chi connectivity index (χ4n) is 1.30. The number of nitrogens with one attached hydrogen (secondary N) is 1. The number of nitrogens with zero attached hydrogens (tertiary/aromatic N) is 3. The highest BCUT2D eigenvalue weighted by Crippen LogP contribution is 2.13. The van der Waals surface area contributed by atoms with Gasteiger partial charge in [0, 0.05) is 6.20 Å². The highest BCUT2D eigenvalue weighted by Gasteiger charge is 2.11. The number of aromatic carboxylic acids is 1. The molecule has 0 bridgehead atoms. The summed E-state index contributed by atoms with van der Waals surface area (Å²) in [5.74, 6) is -0.163. The van der Waals surface area contributed by atoms with Crippen LogP contribution in [0.5, 0.6) is 0 Å². The van der Waals surface area contributed by atoms with Crippen LogP contribution in [0.3, 0.4) is 0 Å². The average molecular weight is 234 g/mol. The zero-order valence-electron chi connectivity index (χ0n) is 9.04. The second-order valence-corrected chi connectivity index (χ2v) is 3.29. The number of carboxylic acids is 1. The van der Waals surface area contributed by atoms with Gasteiger partial charge in [-0.25, -0.2) is 9.78 Å². The summed E-state index contributed by atoms with van der Waals surface area (Å²) in [7, 11) is 0. The molecule has 2 rings (SSSR count). The number of rotatable bonds is 4. The lowest BCUT2D eigenvalue weighted by Gasteiger charge is -2.05. The lowest BCUT2D eigenvalue weighted by atomic mass is 10.3. The first kappa shape index (κ1) is 11.1. The van der Waals surface area contributed by atoms with Crippen molar-refractivity contribution >= 4 is 11.7 Å². The zero-order valence-corrected chi connectivity index (χ0v) is 9.04. The molecule has 0 atom stereocenters. The Morgan fingerprint density at radius 1 is 1.59 bits per heavy atom. The lowest BCUT2D eigenvalue weighted by Crippen LogP contribution is -2.08. The Kier molecular flexibility index (Phi) is 2.99. The molecule has 0 aliphatic rings. The van der Waals surface area contributed by atoms with Gasteiger partial charge in [-0.05, 0) is 19.1 Å². The fraction of sp³-hybridized carbons (Fsp3) is 0.200. The van der Waals surface area contributed by atoms with Crippen LogP contribution in [0.2, 0.25) is 0 Å². The van der Waals surface area contributed by atoms with Gasteiger partial charge >= 0.3 is 5.97 Å². The van der Waals surface area contributed by atoms with Crippen molar-refractivity contribution in [3.05, 3.63) is 35.7 Å². The van der Waals surface area contributed by atoms with E-state index in [0.29, 0.717) is 17.4 Å². The van der Waals surface area contributed by atoms with E-state index in [1.54, 1.807) is 19.1 Å². The first-order valence-electron chi connectivity index (χ1n) is 4.88. The molecular weight excluding hydrogens is 224 g/mol. The molecule has 0 fully saturated rings. The summed E-state index contributed by atoms with van der Waals surface area (Å²) in [5, 5.41) is 15.4. The van der Waals surface area contributed by atoms with Crippen molar-refractivity contribution in [2.75, 3.05) is 5.32 Å². The predicted octanol–water partition coefficient (Wildman–Crippen LogP) is 1.08. The Morgan fingerprint density at radius 3 is 3.06 bits per heavy atom. The number of aromatic nitrogens is 3. The van der Waals surface area contributed by atoms with Gasteiger partial charge in [0.15, 0.2) is 11.5 Å².